The summed E-state index contributed by atoms with van der Waals surface area (Å²) in [6.45, 7) is 0.611. The molecule has 4 rings (SSSR count). The van der Waals surface area contributed by atoms with E-state index in [4.69, 9.17) is 0 Å². The Morgan fingerprint density at radius 2 is 1.73 bits per heavy atom. The Morgan fingerprint density at radius 3 is 2.50 bits per heavy atom. The first-order valence-corrected chi connectivity index (χ1v) is 9.47. The van der Waals surface area contributed by atoms with Gasteiger partial charge in [-0.05, 0) is 30.3 Å². The average molecular weight is 370 g/mol. The molecule has 7 nitrogen and oxygen atoms in total. The summed E-state index contributed by atoms with van der Waals surface area (Å²) in [7, 11) is -3.90. The number of nitrogens with zero attached hydrogens (tertiary/aromatic N) is 1. The lowest BCUT2D eigenvalue weighted by Crippen LogP contribution is -2.50. The van der Waals surface area contributed by atoms with Crippen LogP contribution in [0.5, 0.6) is 0 Å². The van der Waals surface area contributed by atoms with E-state index in [1.54, 1.807) is 12.1 Å². The molecule has 26 heavy (non-hydrogen) atoms. The summed E-state index contributed by atoms with van der Waals surface area (Å²) in [6, 6.07) is 10.0. The molecule has 8 heteroatoms. The molecule has 2 aromatic carbocycles. The standard InChI is InChI=1S/C18H14N2O5S/c21-16-10-20(8-7-19-16)18(23)11-5-6-13-15(9-11)26(24,25)14-4-2-1-3-12(14)17(13)22/h1-6,9H,7-8,10H2,(H,19,21). The number of piperazine rings is 1. The molecule has 0 aromatic heterocycles. The lowest BCUT2D eigenvalue weighted by molar-refractivity contribution is -0.123. The maximum Gasteiger partial charge on any atom is 0.254 e. The van der Waals surface area contributed by atoms with E-state index in [0.717, 1.165) is 0 Å². The molecular formula is C18H14N2O5S. The summed E-state index contributed by atoms with van der Waals surface area (Å²) in [5.74, 6) is -1.09. The Labute approximate surface area is 149 Å². The third-order valence-corrected chi connectivity index (χ3v) is 6.36. The zero-order chi connectivity index (χ0) is 18.5. The van der Waals surface area contributed by atoms with E-state index >= 15 is 0 Å². The van der Waals surface area contributed by atoms with E-state index in [9.17, 15) is 22.8 Å². The van der Waals surface area contributed by atoms with E-state index in [0.29, 0.717) is 13.1 Å². The van der Waals surface area contributed by atoms with E-state index in [1.807, 2.05) is 0 Å². The summed E-state index contributed by atoms with van der Waals surface area (Å²) >= 11 is 0. The summed E-state index contributed by atoms with van der Waals surface area (Å²) in [5, 5.41) is 2.62. The van der Waals surface area contributed by atoms with Crippen LogP contribution in [0.1, 0.15) is 26.3 Å². The lowest BCUT2D eigenvalue weighted by atomic mass is 10.0. The maximum atomic E-state index is 12.9. The molecule has 0 spiro atoms. The zero-order valence-electron chi connectivity index (χ0n) is 13.6. The lowest BCUT2D eigenvalue weighted by Gasteiger charge is -2.27. The minimum Gasteiger partial charge on any atom is -0.353 e. The Kier molecular flexibility index (Phi) is 3.66. The molecule has 0 unspecified atom stereocenters. The van der Waals surface area contributed by atoms with Crippen molar-refractivity contribution in [3.05, 3.63) is 59.2 Å². The fourth-order valence-electron chi connectivity index (χ4n) is 3.21. The molecule has 0 radical (unpaired) electrons. The predicted octanol–water partition coefficient (Wildman–Crippen LogP) is 0.636. The molecule has 0 saturated carbocycles. The van der Waals surface area contributed by atoms with Gasteiger partial charge >= 0.3 is 0 Å². The van der Waals surface area contributed by atoms with Crippen molar-refractivity contribution in [3.63, 3.8) is 0 Å². The third kappa shape index (κ3) is 2.41. The van der Waals surface area contributed by atoms with E-state index in [-0.39, 0.29) is 44.7 Å². The molecule has 2 aliphatic heterocycles. The highest BCUT2D eigenvalue weighted by Gasteiger charge is 2.35. The predicted molar refractivity (Wildman–Crippen MR) is 90.7 cm³/mol. The molecule has 2 aromatic rings. The Balaban J connectivity index is 1.80. The summed E-state index contributed by atoms with van der Waals surface area (Å²) < 4.78 is 25.8. The number of benzene rings is 2. The normalized spacial score (nSPS) is 17.9. The van der Waals surface area contributed by atoms with E-state index in [1.165, 1.54) is 35.2 Å². The Morgan fingerprint density at radius 1 is 1.00 bits per heavy atom. The van der Waals surface area contributed by atoms with Crippen molar-refractivity contribution in [2.75, 3.05) is 19.6 Å². The van der Waals surface area contributed by atoms with Gasteiger partial charge in [0.15, 0.2) is 5.78 Å². The molecule has 0 bridgehead atoms. The fourth-order valence-corrected chi connectivity index (χ4v) is 4.89. The largest absolute Gasteiger partial charge is 0.353 e. The van der Waals surface area contributed by atoms with Crippen molar-refractivity contribution < 1.29 is 22.8 Å². The monoisotopic (exact) mass is 370 g/mol. The molecule has 2 heterocycles. The third-order valence-electron chi connectivity index (χ3n) is 4.51. The van der Waals surface area contributed by atoms with Gasteiger partial charge < -0.3 is 10.2 Å². The van der Waals surface area contributed by atoms with Crippen LogP contribution in [0.2, 0.25) is 0 Å². The first kappa shape index (κ1) is 16.5. The quantitative estimate of drug-likeness (QED) is 0.677. The highest BCUT2D eigenvalue weighted by molar-refractivity contribution is 7.91. The van der Waals surface area contributed by atoms with Crippen LogP contribution in [0.25, 0.3) is 0 Å². The van der Waals surface area contributed by atoms with Gasteiger partial charge in [0, 0.05) is 29.8 Å². The molecule has 1 fully saturated rings. The van der Waals surface area contributed by atoms with Crippen LogP contribution in [0.15, 0.2) is 52.3 Å². The minimum absolute atomic E-state index is 0.0524. The van der Waals surface area contributed by atoms with Crippen molar-refractivity contribution >= 4 is 27.4 Å². The SMILES string of the molecule is O=C1CN(C(=O)c2ccc3c(c2)S(=O)(=O)c2ccccc2C3=O)CCN1. The number of nitrogens with one attached hydrogen (secondary N) is 1. The molecule has 1 N–H and O–H groups in total. The average Bonchev–Trinajstić information content (AvgIpc) is 2.65. The Hall–Kier alpha value is -3.00. The van der Waals surface area contributed by atoms with Gasteiger partial charge in [0.25, 0.3) is 5.91 Å². The number of hydrogen-bond donors (Lipinski definition) is 1. The number of carbonyl (C=O) groups is 3. The summed E-state index contributed by atoms with van der Waals surface area (Å²) in [5.41, 5.74) is 0.317. The fraction of sp³-hybridized carbons (Fsp3) is 0.167. The number of hydrogen-bond acceptors (Lipinski definition) is 5. The number of rotatable bonds is 1. The van der Waals surface area contributed by atoms with Crippen molar-refractivity contribution in [1.82, 2.24) is 10.2 Å². The van der Waals surface area contributed by atoms with Gasteiger partial charge in [-0.2, -0.15) is 0 Å². The van der Waals surface area contributed by atoms with Crippen LogP contribution in [-0.4, -0.2) is 50.5 Å². The molecule has 0 atom stereocenters. The number of fused-ring (bicyclic) bond motifs is 2. The molecule has 1 saturated heterocycles. The van der Waals surface area contributed by atoms with Gasteiger partial charge in [-0.1, -0.05) is 12.1 Å². The smallest absolute Gasteiger partial charge is 0.254 e. The van der Waals surface area contributed by atoms with E-state index < -0.39 is 15.7 Å². The Bertz CT molecular complexity index is 1070. The molecule has 0 aliphatic carbocycles. The van der Waals surface area contributed by atoms with Crippen LogP contribution >= 0.6 is 0 Å². The topological polar surface area (TPSA) is 101 Å². The van der Waals surface area contributed by atoms with Crippen molar-refractivity contribution in [2.24, 2.45) is 0 Å². The van der Waals surface area contributed by atoms with Gasteiger partial charge in [0.2, 0.25) is 15.7 Å². The highest BCUT2D eigenvalue weighted by atomic mass is 32.2. The second-order valence-electron chi connectivity index (χ2n) is 6.12. The first-order valence-electron chi connectivity index (χ1n) is 7.98. The van der Waals surface area contributed by atoms with Gasteiger partial charge in [0.1, 0.15) is 0 Å². The number of carbonyl (C=O) groups excluding carboxylic acids is 3. The number of sulfone groups is 1. The van der Waals surface area contributed by atoms with Gasteiger partial charge in [-0.15, -0.1) is 0 Å². The zero-order valence-corrected chi connectivity index (χ0v) is 14.4. The summed E-state index contributed by atoms with van der Waals surface area (Å²) in [6.07, 6.45) is 0. The van der Waals surface area contributed by atoms with Crippen molar-refractivity contribution in [2.45, 2.75) is 9.79 Å². The van der Waals surface area contributed by atoms with Crippen LogP contribution in [0, 0.1) is 0 Å². The van der Waals surface area contributed by atoms with E-state index in [2.05, 4.69) is 5.32 Å². The molecular weight excluding hydrogens is 356 g/mol. The van der Waals surface area contributed by atoms with Crippen molar-refractivity contribution in [1.29, 1.82) is 0 Å². The van der Waals surface area contributed by atoms with Gasteiger partial charge in [-0.25, -0.2) is 8.42 Å². The second-order valence-corrected chi connectivity index (χ2v) is 8.00. The van der Waals surface area contributed by atoms with Gasteiger partial charge in [0.05, 0.1) is 16.3 Å². The van der Waals surface area contributed by atoms with Crippen molar-refractivity contribution in [3.8, 4) is 0 Å². The molecule has 2 aliphatic rings. The summed E-state index contributed by atoms with van der Waals surface area (Å²) in [4.78, 5) is 37.8. The van der Waals surface area contributed by atoms with Crippen LogP contribution in [-0.2, 0) is 14.6 Å². The van der Waals surface area contributed by atoms with Crippen LogP contribution in [0.4, 0.5) is 0 Å². The maximum absolute atomic E-state index is 12.9. The number of amides is 2. The van der Waals surface area contributed by atoms with Gasteiger partial charge in [-0.3, -0.25) is 14.4 Å². The minimum atomic E-state index is -3.90. The first-order chi connectivity index (χ1) is 12.4. The molecule has 2 amide bonds. The second kappa shape index (κ2) is 5.77. The molecule has 132 valence electrons. The van der Waals surface area contributed by atoms with Crippen LogP contribution < -0.4 is 5.32 Å². The number of ketones is 1. The highest BCUT2D eigenvalue weighted by Crippen LogP contribution is 2.34. The van der Waals surface area contributed by atoms with Crippen LogP contribution in [0.3, 0.4) is 0 Å².